The quantitative estimate of drug-likeness (QED) is 0.569. The summed E-state index contributed by atoms with van der Waals surface area (Å²) in [6.07, 6.45) is -0.955. The van der Waals surface area contributed by atoms with Crippen molar-refractivity contribution >= 4 is 17.6 Å². The molecule has 0 radical (unpaired) electrons. The summed E-state index contributed by atoms with van der Waals surface area (Å²) in [6, 6.07) is 22.9. The van der Waals surface area contributed by atoms with E-state index in [0.717, 1.165) is 22.3 Å². The van der Waals surface area contributed by atoms with Crippen molar-refractivity contribution in [1.82, 2.24) is 0 Å². The normalized spacial score (nSPS) is 11.4. The van der Waals surface area contributed by atoms with Gasteiger partial charge in [-0.2, -0.15) is 0 Å². The summed E-state index contributed by atoms with van der Waals surface area (Å²) in [4.78, 5) is 24.7. The average molecular weight is 403 g/mol. The van der Waals surface area contributed by atoms with Gasteiger partial charge in [0.2, 0.25) is 0 Å². The molecular formula is C25H25NO4. The first-order valence-corrected chi connectivity index (χ1v) is 9.79. The van der Waals surface area contributed by atoms with Crippen molar-refractivity contribution < 1.29 is 19.1 Å². The Labute approximate surface area is 176 Å². The molecule has 0 bridgehead atoms. The van der Waals surface area contributed by atoms with Crippen molar-refractivity contribution in [2.24, 2.45) is 0 Å². The van der Waals surface area contributed by atoms with E-state index in [-0.39, 0.29) is 6.61 Å². The zero-order chi connectivity index (χ0) is 21.5. The summed E-state index contributed by atoms with van der Waals surface area (Å²) in [7, 11) is 0. The SMILES string of the molecule is Cc1cccc(OCC(=O)O[C@H](C)C(=O)Nc2ccccc2-c2ccccc2)c1C. The fraction of sp³-hybridized carbons (Fsp3) is 0.200. The third kappa shape index (κ3) is 5.26. The Morgan fingerprint density at radius 2 is 1.60 bits per heavy atom. The molecule has 3 aromatic rings. The molecule has 1 amide bonds. The maximum atomic E-state index is 12.6. The van der Waals surface area contributed by atoms with Crippen LogP contribution in [0, 0.1) is 13.8 Å². The van der Waals surface area contributed by atoms with Crippen LogP contribution in [0.1, 0.15) is 18.1 Å². The number of aryl methyl sites for hydroxylation is 1. The Kier molecular flexibility index (Phi) is 6.86. The monoisotopic (exact) mass is 403 g/mol. The smallest absolute Gasteiger partial charge is 0.344 e. The maximum Gasteiger partial charge on any atom is 0.344 e. The maximum absolute atomic E-state index is 12.6. The molecule has 0 aliphatic heterocycles. The predicted octanol–water partition coefficient (Wildman–Crippen LogP) is 4.92. The summed E-state index contributed by atoms with van der Waals surface area (Å²) in [5.74, 6) is -0.380. The summed E-state index contributed by atoms with van der Waals surface area (Å²) < 4.78 is 10.8. The molecular weight excluding hydrogens is 378 g/mol. The molecule has 0 saturated carbocycles. The van der Waals surface area contributed by atoms with Gasteiger partial charge in [-0.25, -0.2) is 4.79 Å². The molecule has 0 unspecified atom stereocenters. The van der Waals surface area contributed by atoms with E-state index >= 15 is 0 Å². The van der Waals surface area contributed by atoms with Crippen LogP contribution in [0.3, 0.4) is 0 Å². The van der Waals surface area contributed by atoms with Gasteiger partial charge >= 0.3 is 5.97 Å². The first kappa shape index (κ1) is 21.1. The number of benzene rings is 3. The molecule has 0 aliphatic carbocycles. The first-order chi connectivity index (χ1) is 14.5. The number of carbonyl (C=O) groups is 2. The zero-order valence-corrected chi connectivity index (χ0v) is 17.3. The minimum atomic E-state index is -0.955. The number of nitrogens with one attached hydrogen (secondary N) is 1. The van der Waals surface area contributed by atoms with Crippen molar-refractivity contribution in [2.45, 2.75) is 26.9 Å². The lowest BCUT2D eigenvalue weighted by molar-refractivity contribution is -0.155. The second kappa shape index (κ2) is 9.74. The molecule has 3 rings (SSSR count). The average Bonchev–Trinajstić information content (AvgIpc) is 2.75. The highest BCUT2D eigenvalue weighted by Gasteiger charge is 2.19. The fourth-order valence-electron chi connectivity index (χ4n) is 3.00. The van der Waals surface area contributed by atoms with Gasteiger partial charge in [0.1, 0.15) is 5.75 Å². The molecule has 3 aromatic carbocycles. The van der Waals surface area contributed by atoms with Crippen LogP contribution in [-0.2, 0) is 14.3 Å². The molecule has 0 fully saturated rings. The second-order valence-corrected chi connectivity index (χ2v) is 7.02. The van der Waals surface area contributed by atoms with Crippen molar-refractivity contribution in [3.8, 4) is 16.9 Å². The Morgan fingerprint density at radius 1 is 0.900 bits per heavy atom. The highest BCUT2D eigenvalue weighted by Crippen LogP contribution is 2.27. The molecule has 0 heterocycles. The third-order valence-corrected chi connectivity index (χ3v) is 4.85. The fourth-order valence-corrected chi connectivity index (χ4v) is 3.00. The van der Waals surface area contributed by atoms with Crippen LogP contribution < -0.4 is 10.1 Å². The Hall–Kier alpha value is -3.60. The van der Waals surface area contributed by atoms with Gasteiger partial charge in [-0.15, -0.1) is 0 Å². The molecule has 1 N–H and O–H groups in total. The number of rotatable bonds is 7. The van der Waals surface area contributed by atoms with Crippen LogP contribution in [0.15, 0.2) is 72.8 Å². The minimum absolute atomic E-state index is 0.261. The summed E-state index contributed by atoms with van der Waals surface area (Å²) in [6.45, 7) is 5.18. The molecule has 5 heteroatoms. The van der Waals surface area contributed by atoms with E-state index in [4.69, 9.17) is 9.47 Å². The Bertz CT molecular complexity index is 1030. The second-order valence-electron chi connectivity index (χ2n) is 7.02. The molecule has 0 saturated heterocycles. The van der Waals surface area contributed by atoms with Crippen molar-refractivity contribution in [3.05, 3.63) is 83.9 Å². The standard InChI is InChI=1S/C25H25NO4/c1-17-10-9-15-23(18(17)2)29-16-24(27)30-19(3)25(28)26-22-14-8-7-13-21(22)20-11-5-4-6-12-20/h4-15,19H,16H2,1-3H3,(H,26,28)/t19-/m1/s1. The number of para-hydroxylation sites is 1. The molecule has 154 valence electrons. The van der Waals surface area contributed by atoms with Gasteiger partial charge in [0.15, 0.2) is 12.7 Å². The van der Waals surface area contributed by atoms with Gasteiger partial charge in [-0.05, 0) is 49.6 Å². The van der Waals surface area contributed by atoms with Crippen molar-refractivity contribution in [3.63, 3.8) is 0 Å². The number of amides is 1. The number of carbonyl (C=O) groups excluding carboxylic acids is 2. The molecule has 5 nitrogen and oxygen atoms in total. The summed E-state index contributed by atoms with van der Waals surface area (Å²) in [5, 5.41) is 2.85. The summed E-state index contributed by atoms with van der Waals surface area (Å²) >= 11 is 0. The van der Waals surface area contributed by atoms with Gasteiger partial charge in [0.25, 0.3) is 5.91 Å². The van der Waals surface area contributed by atoms with Gasteiger partial charge in [0.05, 0.1) is 0 Å². The van der Waals surface area contributed by atoms with E-state index < -0.39 is 18.0 Å². The number of anilines is 1. The lowest BCUT2D eigenvalue weighted by Gasteiger charge is -2.16. The lowest BCUT2D eigenvalue weighted by Crippen LogP contribution is -2.31. The molecule has 30 heavy (non-hydrogen) atoms. The van der Waals surface area contributed by atoms with E-state index in [1.807, 2.05) is 80.6 Å². The van der Waals surface area contributed by atoms with Crippen LogP contribution in [0.4, 0.5) is 5.69 Å². The molecule has 0 spiro atoms. The number of esters is 1. The highest BCUT2D eigenvalue weighted by molar-refractivity contribution is 5.98. The van der Waals surface area contributed by atoms with E-state index in [9.17, 15) is 9.59 Å². The van der Waals surface area contributed by atoms with Gasteiger partial charge in [-0.1, -0.05) is 60.7 Å². The van der Waals surface area contributed by atoms with Crippen molar-refractivity contribution in [1.29, 1.82) is 0 Å². The van der Waals surface area contributed by atoms with E-state index in [0.29, 0.717) is 11.4 Å². The molecule has 0 aromatic heterocycles. The van der Waals surface area contributed by atoms with Crippen LogP contribution >= 0.6 is 0 Å². The molecule has 1 atom stereocenters. The van der Waals surface area contributed by atoms with Gasteiger partial charge < -0.3 is 14.8 Å². The Balaban J connectivity index is 1.59. The largest absolute Gasteiger partial charge is 0.482 e. The van der Waals surface area contributed by atoms with E-state index in [2.05, 4.69) is 5.32 Å². The van der Waals surface area contributed by atoms with Crippen LogP contribution in [-0.4, -0.2) is 24.6 Å². The molecule has 0 aliphatic rings. The summed E-state index contributed by atoms with van der Waals surface area (Å²) in [5.41, 5.74) is 4.57. The number of hydrogen-bond donors (Lipinski definition) is 1. The van der Waals surface area contributed by atoms with Crippen LogP contribution in [0.25, 0.3) is 11.1 Å². The lowest BCUT2D eigenvalue weighted by atomic mass is 10.0. The Morgan fingerprint density at radius 3 is 2.37 bits per heavy atom. The highest BCUT2D eigenvalue weighted by atomic mass is 16.6. The van der Waals surface area contributed by atoms with Gasteiger partial charge in [-0.3, -0.25) is 4.79 Å². The van der Waals surface area contributed by atoms with E-state index in [1.165, 1.54) is 6.92 Å². The third-order valence-electron chi connectivity index (χ3n) is 4.85. The zero-order valence-electron chi connectivity index (χ0n) is 17.3. The topological polar surface area (TPSA) is 64.6 Å². The van der Waals surface area contributed by atoms with Crippen molar-refractivity contribution in [2.75, 3.05) is 11.9 Å². The van der Waals surface area contributed by atoms with Crippen LogP contribution in [0.2, 0.25) is 0 Å². The minimum Gasteiger partial charge on any atom is -0.482 e. The van der Waals surface area contributed by atoms with Gasteiger partial charge in [0, 0.05) is 11.3 Å². The van der Waals surface area contributed by atoms with Crippen LogP contribution in [0.5, 0.6) is 5.75 Å². The number of hydrogen-bond acceptors (Lipinski definition) is 4. The predicted molar refractivity (Wildman–Crippen MR) is 117 cm³/mol. The van der Waals surface area contributed by atoms with E-state index in [1.54, 1.807) is 6.07 Å². The number of ether oxygens (including phenoxy) is 2. The first-order valence-electron chi connectivity index (χ1n) is 9.79.